The van der Waals surface area contributed by atoms with E-state index in [1.54, 1.807) is 0 Å². The number of halogens is 1. The highest BCUT2D eigenvalue weighted by molar-refractivity contribution is 7.89. The van der Waals surface area contributed by atoms with E-state index in [9.17, 15) is 12.8 Å². The second-order valence-electron chi connectivity index (χ2n) is 4.69. The number of rotatable bonds is 4. The Hall–Kier alpha value is -1.22. The molecule has 0 aromatic heterocycles. The van der Waals surface area contributed by atoms with E-state index >= 15 is 0 Å². The Bertz CT molecular complexity index is 551. The summed E-state index contributed by atoms with van der Waals surface area (Å²) in [6, 6.07) is 3.32. The highest BCUT2D eigenvalue weighted by Gasteiger charge is 2.28. The summed E-state index contributed by atoms with van der Waals surface area (Å²) in [6.07, 6.45) is 0. The highest BCUT2D eigenvalue weighted by atomic mass is 32.2. The van der Waals surface area contributed by atoms with Gasteiger partial charge in [-0.15, -0.1) is 0 Å². The molecule has 20 heavy (non-hydrogen) atoms. The third-order valence-electron chi connectivity index (χ3n) is 3.28. The second-order valence-corrected chi connectivity index (χ2v) is 6.63. The first-order valence-corrected chi connectivity index (χ1v) is 7.77. The number of anilines is 1. The summed E-state index contributed by atoms with van der Waals surface area (Å²) in [7, 11) is -3.72. The van der Waals surface area contributed by atoms with Crippen molar-refractivity contribution in [2.75, 3.05) is 45.1 Å². The van der Waals surface area contributed by atoms with E-state index in [4.69, 9.17) is 10.8 Å². The van der Waals surface area contributed by atoms with Crippen LogP contribution in [0.25, 0.3) is 0 Å². The van der Waals surface area contributed by atoms with Gasteiger partial charge < -0.3 is 10.8 Å². The van der Waals surface area contributed by atoms with Crippen molar-refractivity contribution in [3.63, 3.8) is 0 Å². The number of nitrogen functional groups attached to an aromatic ring is 1. The molecule has 2 rings (SSSR count). The van der Waals surface area contributed by atoms with Gasteiger partial charge in [0.15, 0.2) is 0 Å². The molecule has 0 spiro atoms. The standard InChI is InChI=1S/C12H18FN3O3S/c13-10-7-11(14)9-12(8-10)20(18,19)16-3-1-15(2-4-16)5-6-17/h7-9,17H,1-6,14H2. The molecule has 1 aliphatic heterocycles. The van der Waals surface area contributed by atoms with Crippen LogP contribution in [0.5, 0.6) is 0 Å². The van der Waals surface area contributed by atoms with Crippen molar-refractivity contribution in [1.82, 2.24) is 9.21 Å². The lowest BCUT2D eigenvalue weighted by Gasteiger charge is -2.33. The molecule has 1 heterocycles. The minimum absolute atomic E-state index is 0.0488. The van der Waals surface area contributed by atoms with Crippen LogP contribution in [-0.2, 0) is 10.0 Å². The van der Waals surface area contributed by atoms with E-state index in [1.807, 2.05) is 4.90 Å². The number of β-amino-alcohol motifs (C(OH)–C–C–N with tert-alkyl or cyclic N) is 1. The first-order chi connectivity index (χ1) is 9.43. The molecule has 1 aliphatic rings. The van der Waals surface area contributed by atoms with Gasteiger partial charge in [-0.2, -0.15) is 4.31 Å². The fraction of sp³-hybridized carbons (Fsp3) is 0.500. The Morgan fingerprint density at radius 1 is 1.20 bits per heavy atom. The van der Waals surface area contributed by atoms with Crippen LogP contribution in [0.1, 0.15) is 0 Å². The van der Waals surface area contributed by atoms with Crippen molar-refractivity contribution in [2.24, 2.45) is 0 Å². The molecule has 1 saturated heterocycles. The molecule has 0 unspecified atom stereocenters. The number of aliphatic hydroxyl groups excluding tert-OH is 1. The van der Waals surface area contributed by atoms with Gasteiger partial charge >= 0.3 is 0 Å². The molecular weight excluding hydrogens is 285 g/mol. The molecule has 1 fully saturated rings. The Kier molecular flexibility index (Phi) is 4.59. The maximum absolute atomic E-state index is 13.3. The number of sulfonamides is 1. The van der Waals surface area contributed by atoms with E-state index in [2.05, 4.69) is 0 Å². The zero-order chi connectivity index (χ0) is 14.8. The number of nitrogens with two attached hydrogens (primary N) is 1. The quantitative estimate of drug-likeness (QED) is 0.746. The molecular formula is C12H18FN3O3S. The Labute approximate surface area is 117 Å². The van der Waals surface area contributed by atoms with E-state index < -0.39 is 15.8 Å². The van der Waals surface area contributed by atoms with Gasteiger partial charge in [0.25, 0.3) is 0 Å². The summed E-state index contributed by atoms with van der Waals surface area (Å²) < 4.78 is 39.4. The minimum atomic E-state index is -3.72. The number of hydrogen-bond donors (Lipinski definition) is 2. The molecule has 0 radical (unpaired) electrons. The second kappa shape index (κ2) is 6.04. The van der Waals surface area contributed by atoms with E-state index in [0.717, 1.165) is 12.1 Å². The molecule has 1 aromatic rings. The zero-order valence-corrected chi connectivity index (χ0v) is 11.8. The summed E-state index contributed by atoms with van der Waals surface area (Å²) in [6.45, 7) is 2.31. The van der Waals surface area contributed by atoms with Crippen LogP contribution in [0.15, 0.2) is 23.1 Å². The lowest BCUT2D eigenvalue weighted by atomic mass is 10.3. The third kappa shape index (κ3) is 3.26. The summed E-state index contributed by atoms with van der Waals surface area (Å²) in [4.78, 5) is 1.86. The summed E-state index contributed by atoms with van der Waals surface area (Å²) >= 11 is 0. The van der Waals surface area contributed by atoms with Gasteiger partial charge in [0.05, 0.1) is 11.5 Å². The van der Waals surface area contributed by atoms with Gasteiger partial charge in [0.1, 0.15) is 5.82 Å². The first-order valence-electron chi connectivity index (χ1n) is 6.33. The molecule has 8 heteroatoms. The van der Waals surface area contributed by atoms with Crippen molar-refractivity contribution in [2.45, 2.75) is 4.90 Å². The molecule has 0 bridgehead atoms. The zero-order valence-electron chi connectivity index (χ0n) is 11.0. The summed E-state index contributed by atoms with van der Waals surface area (Å²) in [5.74, 6) is -0.664. The molecule has 0 amide bonds. The Balaban J connectivity index is 2.15. The maximum atomic E-state index is 13.3. The van der Waals surface area contributed by atoms with Crippen LogP contribution in [0.2, 0.25) is 0 Å². The van der Waals surface area contributed by atoms with Crippen LogP contribution >= 0.6 is 0 Å². The fourth-order valence-electron chi connectivity index (χ4n) is 2.22. The number of piperazine rings is 1. The Morgan fingerprint density at radius 3 is 2.40 bits per heavy atom. The van der Waals surface area contributed by atoms with Crippen LogP contribution in [0, 0.1) is 5.82 Å². The first kappa shape index (κ1) is 15.2. The topological polar surface area (TPSA) is 86.9 Å². The number of hydrogen-bond acceptors (Lipinski definition) is 5. The van der Waals surface area contributed by atoms with Crippen molar-refractivity contribution in [1.29, 1.82) is 0 Å². The average Bonchev–Trinajstić information content (AvgIpc) is 2.38. The third-order valence-corrected chi connectivity index (χ3v) is 5.16. The monoisotopic (exact) mass is 303 g/mol. The molecule has 3 N–H and O–H groups in total. The van der Waals surface area contributed by atoms with E-state index in [-0.39, 0.29) is 17.2 Å². The van der Waals surface area contributed by atoms with E-state index in [0.29, 0.717) is 32.7 Å². The van der Waals surface area contributed by atoms with Crippen molar-refractivity contribution in [3.8, 4) is 0 Å². The largest absolute Gasteiger partial charge is 0.399 e. The smallest absolute Gasteiger partial charge is 0.243 e. The number of benzene rings is 1. The van der Waals surface area contributed by atoms with Crippen LogP contribution in [-0.4, -0.2) is 62.1 Å². The Morgan fingerprint density at radius 2 is 1.85 bits per heavy atom. The predicted molar refractivity (Wildman–Crippen MR) is 73.1 cm³/mol. The summed E-state index contributed by atoms with van der Waals surface area (Å²) in [5, 5.41) is 8.85. The minimum Gasteiger partial charge on any atom is -0.399 e. The van der Waals surface area contributed by atoms with Gasteiger partial charge in [0.2, 0.25) is 10.0 Å². The SMILES string of the molecule is Nc1cc(F)cc(S(=O)(=O)N2CCN(CCO)CC2)c1. The van der Waals surface area contributed by atoms with Gasteiger partial charge in [0, 0.05) is 38.4 Å². The predicted octanol–water partition coefficient (Wildman–Crippen LogP) is -0.294. The lowest BCUT2D eigenvalue weighted by Crippen LogP contribution is -2.49. The van der Waals surface area contributed by atoms with Gasteiger partial charge in [-0.3, -0.25) is 4.90 Å². The average molecular weight is 303 g/mol. The van der Waals surface area contributed by atoms with E-state index in [1.165, 1.54) is 10.4 Å². The van der Waals surface area contributed by atoms with Crippen molar-refractivity contribution < 1.29 is 17.9 Å². The highest BCUT2D eigenvalue weighted by Crippen LogP contribution is 2.21. The molecule has 0 atom stereocenters. The maximum Gasteiger partial charge on any atom is 0.243 e. The number of nitrogens with zero attached hydrogens (tertiary/aromatic N) is 2. The normalized spacial score (nSPS) is 18.3. The molecule has 0 saturated carbocycles. The van der Waals surface area contributed by atoms with Crippen molar-refractivity contribution >= 4 is 15.7 Å². The lowest BCUT2D eigenvalue weighted by molar-refractivity contribution is 0.151. The van der Waals surface area contributed by atoms with Crippen LogP contribution in [0.3, 0.4) is 0 Å². The fourth-order valence-corrected chi connectivity index (χ4v) is 3.71. The van der Waals surface area contributed by atoms with Gasteiger partial charge in [-0.05, 0) is 18.2 Å². The van der Waals surface area contributed by atoms with Gasteiger partial charge in [-0.1, -0.05) is 0 Å². The molecule has 0 aliphatic carbocycles. The van der Waals surface area contributed by atoms with Crippen LogP contribution < -0.4 is 5.73 Å². The van der Waals surface area contributed by atoms with Crippen LogP contribution in [0.4, 0.5) is 10.1 Å². The van der Waals surface area contributed by atoms with Crippen molar-refractivity contribution in [3.05, 3.63) is 24.0 Å². The molecule has 112 valence electrons. The molecule has 6 nitrogen and oxygen atoms in total. The number of aliphatic hydroxyl groups is 1. The summed E-state index contributed by atoms with van der Waals surface area (Å²) in [5.41, 5.74) is 5.57. The van der Waals surface area contributed by atoms with Gasteiger partial charge in [-0.25, -0.2) is 12.8 Å². The molecule has 1 aromatic carbocycles.